The van der Waals surface area contributed by atoms with Crippen LogP contribution >= 0.6 is 0 Å². The van der Waals surface area contributed by atoms with E-state index in [9.17, 15) is 4.79 Å². The molecule has 20 heavy (non-hydrogen) atoms. The summed E-state index contributed by atoms with van der Waals surface area (Å²) in [6.45, 7) is 6.54. The van der Waals surface area contributed by atoms with Crippen molar-refractivity contribution in [3.8, 4) is 0 Å². The predicted molar refractivity (Wildman–Crippen MR) is 80.7 cm³/mol. The molecule has 5 nitrogen and oxygen atoms in total. The minimum Gasteiger partial charge on any atom is -0.363 e. The molecule has 0 saturated heterocycles. The Labute approximate surface area is 119 Å². The summed E-state index contributed by atoms with van der Waals surface area (Å²) in [7, 11) is 0. The van der Waals surface area contributed by atoms with Crippen molar-refractivity contribution >= 4 is 17.3 Å². The zero-order chi connectivity index (χ0) is 14.5. The van der Waals surface area contributed by atoms with E-state index in [4.69, 9.17) is 0 Å². The van der Waals surface area contributed by atoms with Crippen molar-refractivity contribution in [2.24, 2.45) is 0 Å². The molecule has 0 aliphatic carbocycles. The molecule has 1 heterocycles. The number of aromatic nitrogens is 2. The van der Waals surface area contributed by atoms with Crippen LogP contribution in [0.5, 0.6) is 0 Å². The molecule has 1 aromatic heterocycles. The number of hydrogen-bond acceptors (Lipinski definition) is 3. The lowest BCUT2D eigenvalue weighted by Gasteiger charge is -2.29. The Morgan fingerprint density at radius 1 is 1.45 bits per heavy atom. The predicted octanol–water partition coefficient (Wildman–Crippen LogP) is 2.78. The van der Waals surface area contributed by atoms with Crippen molar-refractivity contribution in [1.82, 2.24) is 9.97 Å². The van der Waals surface area contributed by atoms with Crippen LogP contribution in [0.25, 0.3) is 0 Å². The third-order valence-electron chi connectivity index (χ3n) is 3.02. The van der Waals surface area contributed by atoms with Gasteiger partial charge in [-0.15, -0.1) is 0 Å². The molecule has 0 unspecified atom stereocenters. The van der Waals surface area contributed by atoms with Crippen LogP contribution in [-0.4, -0.2) is 21.9 Å². The second kappa shape index (κ2) is 6.23. The van der Waals surface area contributed by atoms with E-state index in [-0.39, 0.29) is 5.91 Å². The first kappa shape index (κ1) is 14.1. The van der Waals surface area contributed by atoms with E-state index in [1.54, 1.807) is 6.33 Å². The molecule has 106 valence electrons. The first-order valence-electron chi connectivity index (χ1n) is 6.68. The first-order chi connectivity index (χ1) is 9.56. The third-order valence-corrected chi connectivity index (χ3v) is 3.02. The fourth-order valence-electron chi connectivity index (χ4n) is 2.09. The quantitative estimate of drug-likeness (QED) is 0.879. The van der Waals surface area contributed by atoms with Gasteiger partial charge in [-0.2, -0.15) is 0 Å². The molecule has 0 aliphatic heterocycles. The molecular formula is C15H20N4O. The number of carbonyl (C=O) groups excluding carboxylic acids is 1. The summed E-state index contributed by atoms with van der Waals surface area (Å²) in [5.41, 5.74) is 2.94. The highest BCUT2D eigenvalue weighted by Crippen LogP contribution is 2.23. The van der Waals surface area contributed by atoms with Gasteiger partial charge in [0.1, 0.15) is 0 Å². The normalized spacial score (nSPS) is 10.6. The number of H-pyrrole nitrogens is 1. The number of nitrogens with one attached hydrogen (secondary N) is 2. The number of carbonyl (C=O) groups is 1. The number of anilines is 2. The maximum absolute atomic E-state index is 11.1. The molecule has 2 N–H and O–H groups in total. The van der Waals surface area contributed by atoms with Crippen LogP contribution in [0.2, 0.25) is 0 Å². The lowest BCUT2D eigenvalue weighted by atomic mass is 10.2. The Bertz CT molecular complexity index is 563. The van der Waals surface area contributed by atoms with Crippen molar-refractivity contribution in [2.45, 2.75) is 33.4 Å². The van der Waals surface area contributed by atoms with Crippen LogP contribution in [0.1, 0.15) is 26.5 Å². The Balaban J connectivity index is 2.22. The van der Waals surface area contributed by atoms with Gasteiger partial charge < -0.3 is 15.2 Å². The van der Waals surface area contributed by atoms with Crippen LogP contribution in [0, 0.1) is 0 Å². The van der Waals surface area contributed by atoms with Crippen molar-refractivity contribution in [3.05, 3.63) is 42.5 Å². The van der Waals surface area contributed by atoms with Gasteiger partial charge in [-0.05, 0) is 32.0 Å². The zero-order valence-electron chi connectivity index (χ0n) is 12.1. The number of imidazole rings is 1. The standard InChI is InChI=1S/C15H20N4O/c1-11(2)19(9-14-8-16-10-17-14)15-6-4-5-13(7-15)18-12(3)20/h4-8,10-11H,9H2,1-3H3,(H,16,17)(H,18,20). The molecule has 0 saturated carbocycles. The van der Waals surface area contributed by atoms with E-state index in [1.807, 2.05) is 30.5 Å². The minimum absolute atomic E-state index is 0.0631. The van der Waals surface area contributed by atoms with Gasteiger partial charge in [0.25, 0.3) is 0 Å². The van der Waals surface area contributed by atoms with Crippen molar-refractivity contribution in [1.29, 1.82) is 0 Å². The van der Waals surface area contributed by atoms with Gasteiger partial charge in [-0.3, -0.25) is 4.79 Å². The SMILES string of the molecule is CC(=O)Nc1cccc(N(Cc2cnc[nH]2)C(C)C)c1. The summed E-state index contributed by atoms with van der Waals surface area (Å²) in [6, 6.07) is 8.20. The second-order valence-electron chi connectivity index (χ2n) is 5.03. The van der Waals surface area contributed by atoms with E-state index in [1.165, 1.54) is 6.92 Å². The molecule has 2 aromatic rings. The average Bonchev–Trinajstić information content (AvgIpc) is 2.88. The summed E-state index contributed by atoms with van der Waals surface area (Å²) in [5.74, 6) is -0.0631. The summed E-state index contributed by atoms with van der Waals surface area (Å²) < 4.78 is 0. The first-order valence-corrected chi connectivity index (χ1v) is 6.68. The van der Waals surface area contributed by atoms with Crippen LogP contribution in [-0.2, 0) is 11.3 Å². The van der Waals surface area contributed by atoms with Gasteiger partial charge in [0, 0.05) is 30.5 Å². The van der Waals surface area contributed by atoms with Crippen LogP contribution < -0.4 is 10.2 Å². The van der Waals surface area contributed by atoms with E-state index < -0.39 is 0 Å². The van der Waals surface area contributed by atoms with Crippen LogP contribution in [0.4, 0.5) is 11.4 Å². The number of amides is 1. The summed E-state index contributed by atoms with van der Waals surface area (Å²) in [5, 5.41) is 2.81. The molecule has 5 heteroatoms. The Kier molecular flexibility index (Phi) is 4.40. The fourth-order valence-corrected chi connectivity index (χ4v) is 2.09. The summed E-state index contributed by atoms with van der Waals surface area (Å²) in [4.78, 5) is 20.6. The van der Waals surface area contributed by atoms with Crippen molar-refractivity contribution < 1.29 is 4.79 Å². The maximum Gasteiger partial charge on any atom is 0.221 e. The Morgan fingerprint density at radius 3 is 2.85 bits per heavy atom. The fraction of sp³-hybridized carbons (Fsp3) is 0.333. The topological polar surface area (TPSA) is 61.0 Å². The van der Waals surface area contributed by atoms with Gasteiger partial charge in [0.2, 0.25) is 5.91 Å². The summed E-state index contributed by atoms with van der Waals surface area (Å²) in [6.07, 6.45) is 3.51. The third kappa shape index (κ3) is 3.60. The van der Waals surface area contributed by atoms with Gasteiger partial charge >= 0.3 is 0 Å². The van der Waals surface area contributed by atoms with Gasteiger partial charge in [0.15, 0.2) is 0 Å². The Hall–Kier alpha value is -2.30. The number of aromatic amines is 1. The molecule has 1 aromatic carbocycles. The lowest BCUT2D eigenvalue weighted by Crippen LogP contribution is -2.30. The molecular weight excluding hydrogens is 252 g/mol. The van der Waals surface area contributed by atoms with Crippen molar-refractivity contribution in [3.63, 3.8) is 0 Å². The number of rotatable bonds is 5. The molecule has 0 spiro atoms. The van der Waals surface area contributed by atoms with E-state index in [0.29, 0.717) is 6.04 Å². The van der Waals surface area contributed by atoms with E-state index in [2.05, 4.69) is 34.0 Å². The molecule has 2 rings (SSSR count). The minimum atomic E-state index is -0.0631. The average molecular weight is 272 g/mol. The van der Waals surface area contributed by atoms with Crippen LogP contribution in [0.3, 0.4) is 0 Å². The lowest BCUT2D eigenvalue weighted by molar-refractivity contribution is -0.114. The summed E-state index contributed by atoms with van der Waals surface area (Å²) >= 11 is 0. The molecule has 0 atom stereocenters. The van der Waals surface area contributed by atoms with E-state index in [0.717, 1.165) is 23.6 Å². The zero-order valence-corrected chi connectivity index (χ0v) is 12.1. The van der Waals surface area contributed by atoms with Crippen molar-refractivity contribution in [2.75, 3.05) is 10.2 Å². The molecule has 1 amide bonds. The van der Waals surface area contributed by atoms with E-state index >= 15 is 0 Å². The highest BCUT2D eigenvalue weighted by molar-refractivity contribution is 5.89. The van der Waals surface area contributed by atoms with Gasteiger partial charge in [0.05, 0.1) is 18.6 Å². The number of nitrogens with zero attached hydrogens (tertiary/aromatic N) is 2. The molecule has 0 bridgehead atoms. The van der Waals surface area contributed by atoms with Gasteiger partial charge in [-0.25, -0.2) is 4.98 Å². The maximum atomic E-state index is 11.1. The number of hydrogen-bond donors (Lipinski definition) is 2. The molecule has 0 aliphatic rings. The largest absolute Gasteiger partial charge is 0.363 e. The smallest absolute Gasteiger partial charge is 0.221 e. The second-order valence-corrected chi connectivity index (χ2v) is 5.03. The van der Waals surface area contributed by atoms with Crippen LogP contribution in [0.15, 0.2) is 36.8 Å². The highest BCUT2D eigenvalue weighted by atomic mass is 16.1. The molecule has 0 radical (unpaired) electrons. The molecule has 0 fully saturated rings. The highest BCUT2D eigenvalue weighted by Gasteiger charge is 2.12. The monoisotopic (exact) mass is 272 g/mol. The Morgan fingerprint density at radius 2 is 2.25 bits per heavy atom. The number of benzene rings is 1. The van der Waals surface area contributed by atoms with Gasteiger partial charge in [-0.1, -0.05) is 6.07 Å².